The van der Waals surface area contributed by atoms with E-state index in [0.717, 1.165) is 28.1 Å². The Morgan fingerprint density at radius 2 is 0.662 bits per heavy atom. The molecule has 362 valence electrons. The number of aromatic nitrogens is 7. The highest BCUT2D eigenvalue weighted by molar-refractivity contribution is 6.22. The van der Waals surface area contributed by atoms with Crippen LogP contribution >= 0.6 is 0 Å². The molecule has 13 aromatic rings. The summed E-state index contributed by atoms with van der Waals surface area (Å²) < 4.78 is 0. The molecule has 0 bridgehead atoms. The smallest absolute Gasteiger partial charge is 0.182 e. The maximum Gasteiger partial charge on any atom is 0.182 e. The summed E-state index contributed by atoms with van der Waals surface area (Å²) in [5, 5.41) is 4.85. The van der Waals surface area contributed by atoms with Crippen LogP contribution in [-0.2, 0) is 5.41 Å². The Morgan fingerprint density at radius 1 is 0.260 bits per heavy atom. The van der Waals surface area contributed by atoms with Gasteiger partial charge >= 0.3 is 0 Å². The third-order valence-corrected chi connectivity index (χ3v) is 15.2. The molecule has 5 heterocycles. The van der Waals surface area contributed by atoms with Gasteiger partial charge in [0.05, 0.1) is 11.4 Å². The van der Waals surface area contributed by atoms with Gasteiger partial charge in [0.25, 0.3) is 0 Å². The fourth-order valence-corrected chi connectivity index (χ4v) is 11.3. The first-order chi connectivity index (χ1) is 37.9. The molecule has 1 aliphatic rings. The van der Waals surface area contributed by atoms with Crippen molar-refractivity contribution in [3.63, 3.8) is 0 Å². The molecule has 0 saturated carbocycles. The van der Waals surface area contributed by atoms with E-state index in [1.807, 2.05) is 60.7 Å². The fraction of sp³-hybridized carbons (Fsp3) is 0.0429. The lowest BCUT2D eigenvalue weighted by atomic mass is 9.79. The largest absolute Gasteiger partial charge is 0.265 e. The van der Waals surface area contributed by atoms with Crippen LogP contribution in [0, 0.1) is 0 Å². The molecule has 0 saturated heterocycles. The summed E-state index contributed by atoms with van der Waals surface area (Å²) >= 11 is 0. The second-order valence-electron chi connectivity index (χ2n) is 20.1. The average molecular weight is 986 g/mol. The molecule has 0 fully saturated rings. The van der Waals surface area contributed by atoms with Gasteiger partial charge in [-0.25, -0.2) is 24.9 Å². The van der Waals surface area contributed by atoms with Crippen LogP contribution in [-0.4, -0.2) is 34.9 Å². The highest BCUT2D eigenvalue weighted by Gasteiger charge is 2.37. The third kappa shape index (κ3) is 8.13. The molecule has 0 radical (unpaired) electrons. The summed E-state index contributed by atoms with van der Waals surface area (Å²) in [6.45, 7) is 4.69. The lowest BCUT2D eigenvalue weighted by Gasteiger charge is -2.24. The van der Waals surface area contributed by atoms with Crippen molar-refractivity contribution in [2.75, 3.05) is 0 Å². The Bertz CT molecular complexity index is 4270. The molecule has 0 aliphatic heterocycles. The van der Waals surface area contributed by atoms with Gasteiger partial charge in [0.1, 0.15) is 11.4 Å². The normalized spacial score (nSPS) is 12.4. The molecular weight excluding hydrogens is 939 g/mol. The van der Waals surface area contributed by atoms with Crippen molar-refractivity contribution in [3.8, 4) is 113 Å². The van der Waals surface area contributed by atoms with Crippen molar-refractivity contribution < 1.29 is 0 Å². The van der Waals surface area contributed by atoms with Crippen molar-refractivity contribution in [2.45, 2.75) is 19.3 Å². The highest BCUT2D eigenvalue weighted by atomic mass is 15.1. The standard InChI is InChI=1S/C70H47N7/c1-70(2)59-41-52(67-75-68(63-21-11-19-61(73-63)48-33-37-71-38-34-48)77-69(76-67)64-22-12-20-62(74-64)49-35-39-72-40-36-49)31-32-53(59)56-42-57-58(43-60(56)70)66(51-29-25-47(26-30-51)45-15-7-4-8-16-45)55-18-10-9-17-54(55)65(57)50-27-23-46(24-28-50)44-13-5-3-6-14-44/h3-43H,1-2H3. The Balaban J connectivity index is 0.949. The van der Waals surface area contributed by atoms with E-state index >= 15 is 0 Å². The maximum atomic E-state index is 5.22. The van der Waals surface area contributed by atoms with Gasteiger partial charge in [0.15, 0.2) is 17.5 Å². The Hall–Kier alpha value is -10.1. The van der Waals surface area contributed by atoms with E-state index in [1.54, 1.807) is 24.8 Å². The third-order valence-electron chi connectivity index (χ3n) is 15.2. The molecule has 8 aromatic carbocycles. The number of nitrogens with zero attached hydrogens (tertiary/aromatic N) is 7. The van der Waals surface area contributed by atoms with Gasteiger partial charge in [-0.05, 0) is 155 Å². The van der Waals surface area contributed by atoms with Crippen LogP contribution in [0.2, 0.25) is 0 Å². The number of pyridine rings is 4. The SMILES string of the molecule is CC1(C)c2cc(-c3nc(-c4cccc(-c5ccncc5)n4)nc(-c4cccc(-c5ccncc5)n4)n3)ccc2-c2cc3c(-c4ccc(-c5ccccc5)cc4)c4ccccc4c(-c4ccc(-c5ccccc5)cc4)c3cc21. The second-order valence-corrected chi connectivity index (χ2v) is 20.1. The molecule has 7 heteroatoms. The monoisotopic (exact) mass is 985 g/mol. The first-order valence-corrected chi connectivity index (χ1v) is 25.9. The molecule has 0 unspecified atom stereocenters. The minimum Gasteiger partial charge on any atom is -0.265 e. The Morgan fingerprint density at radius 3 is 1.17 bits per heavy atom. The van der Waals surface area contributed by atoms with Gasteiger partial charge < -0.3 is 0 Å². The quantitative estimate of drug-likeness (QED) is 0.133. The topological polar surface area (TPSA) is 90.2 Å². The summed E-state index contributed by atoms with van der Waals surface area (Å²) in [6, 6.07) is 79.7. The van der Waals surface area contributed by atoms with Crippen LogP contribution in [0.25, 0.3) is 134 Å². The lowest BCUT2D eigenvalue weighted by Crippen LogP contribution is -2.15. The Labute approximate surface area is 446 Å². The average Bonchev–Trinajstić information content (AvgIpc) is 3.86. The van der Waals surface area contributed by atoms with Crippen LogP contribution in [0.3, 0.4) is 0 Å². The highest BCUT2D eigenvalue weighted by Crippen LogP contribution is 2.54. The summed E-state index contributed by atoms with van der Waals surface area (Å²) in [5.74, 6) is 1.43. The number of fused-ring (bicyclic) bond motifs is 5. The van der Waals surface area contributed by atoms with E-state index in [0.29, 0.717) is 28.9 Å². The minimum absolute atomic E-state index is 0.397. The summed E-state index contributed by atoms with van der Waals surface area (Å²) in [7, 11) is 0. The van der Waals surface area contributed by atoms with Crippen LogP contribution in [0.4, 0.5) is 0 Å². The van der Waals surface area contributed by atoms with E-state index in [-0.39, 0.29) is 0 Å². The van der Waals surface area contributed by atoms with Crippen molar-refractivity contribution in [1.82, 2.24) is 34.9 Å². The Kier molecular flexibility index (Phi) is 11.0. The van der Waals surface area contributed by atoms with E-state index in [1.165, 1.54) is 88.3 Å². The lowest BCUT2D eigenvalue weighted by molar-refractivity contribution is 0.661. The predicted octanol–water partition coefficient (Wildman–Crippen LogP) is 17.1. The molecule has 1 aliphatic carbocycles. The summed E-state index contributed by atoms with van der Waals surface area (Å²) in [5.41, 5.74) is 19.7. The molecular formula is C70H47N7. The van der Waals surface area contributed by atoms with Gasteiger partial charge in [0, 0.05) is 46.9 Å². The van der Waals surface area contributed by atoms with Crippen LogP contribution < -0.4 is 0 Å². The van der Waals surface area contributed by atoms with Gasteiger partial charge in [-0.1, -0.05) is 172 Å². The summed E-state index contributed by atoms with van der Waals surface area (Å²) in [6.07, 6.45) is 7.09. The molecule has 0 atom stereocenters. The van der Waals surface area contributed by atoms with Crippen molar-refractivity contribution >= 4 is 21.5 Å². The molecule has 0 amide bonds. The molecule has 14 rings (SSSR count). The fourth-order valence-electron chi connectivity index (χ4n) is 11.3. The molecule has 0 N–H and O–H groups in total. The first-order valence-electron chi connectivity index (χ1n) is 25.9. The summed E-state index contributed by atoms with van der Waals surface area (Å²) in [4.78, 5) is 34.2. The number of benzene rings is 8. The van der Waals surface area contributed by atoms with Crippen LogP contribution in [0.15, 0.2) is 249 Å². The molecule has 0 spiro atoms. The van der Waals surface area contributed by atoms with E-state index in [9.17, 15) is 0 Å². The predicted molar refractivity (Wildman–Crippen MR) is 313 cm³/mol. The van der Waals surface area contributed by atoms with E-state index in [4.69, 9.17) is 24.9 Å². The zero-order valence-corrected chi connectivity index (χ0v) is 42.3. The molecule has 5 aromatic heterocycles. The number of hydrogen-bond donors (Lipinski definition) is 0. The maximum absolute atomic E-state index is 5.22. The van der Waals surface area contributed by atoms with E-state index in [2.05, 4.69) is 188 Å². The van der Waals surface area contributed by atoms with Gasteiger partial charge in [0.2, 0.25) is 0 Å². The first kappa shape index (κ1) is 45.5. The van der Waals surface area contributed by atoms with Crippen molar-refractivity contribution in [1.29, 1.82) is 0 Å². The number of rotatable bonds is 9. The molecule has 77 heavy (non-hydrogen) atoms. The van der Waals surface area contributed by atoms with Gasteiger partial charge in [-0.15, -0.1) is 0 Å². The van der Waals surface area contributed by atoms with Gasteiger partial charge in [-0.3, -0.25) is 9.97 Å². The van der Waals surface area contributed by atoms with Crippen LogP contribution in [0.5, 0.6) is 0 Å². The zero-order valence-electron chi connectivity index (χ0n) is 42.3. The van der Waals surface area contributed by atoms with E-state index < -0.39 is 5.41 Å². The molecule has 7 nitrogen and oxygen atoms in total. The minimum atomic E-state index is -0.397. The number of hydrogen-bond acceptors (Lipinski definition) is 7. The van der Waals surface area contributed by atoms with Crippen molar-refractivity contribution in [3.05, 3.63) is 260 Å². The van der Waals surface area contributed by atoms with Gasteiger partial charge in [-0.2, -0.15) is 0 Å². The van der Waals surface area contributed by atoms with Crippen molar-refractivity contribution in [2.24, 2.45) is 0 Å². The van der Waals surface area contributed by atoms with Crippen LogP contribution in [0.1, 0.15) is 25.0 Å². The zero-order chi connectivity index (χ0) is 51.5. The second kappa shape index (κ2) is 18.7.